The molecule has 8 heteroatoms. The van der Waals surface area contributed by atoms with Crippen LogP contribution in [0.25, 0.3) is 0 Å². The number of nitrogens with one attached hydrogen (secondary N) is 2. The first-order chi connectivity index (χ1) is 11.6. The number of nitrogens with zero attached hydrogens (tertiary/aromatic N) is 1. The minimum Gasteiger partial charge on any atom is -0.496 e. The van der Waals surface area contributed by atoms with Gasteiger partial charge in [0, 0.05) is 22.9 Å². The molecule has 2 heterocycles. The molecule has 1 aliphatic heterocycles. The van der Waals surface area contributed by atoms with E-state index in [0.29, 0.717) is 28.8 Å². The average Bonchev–Trinajstić information content (AvgIpc) is 2.85. The number of carbonyl (C=O) groups is 1. The Labute approximate surface area is 144 Å². The van der Waals surface area contributed by atoms with Crippen molar-refractivity contribution in [2.24, 2.45) is 0 Å². The van der Waals surface area contributed by atoms with Crippen molar-refractivity contribution >= 4 is 23.5 Å². The second-order valence-electron chi connectivity index (χ2n) is 5.30. The number of hydrogen-bond donors (Lipinski definition) is 2. The molecule has 0 aliphatic carbocycles. The fourth-order valence-electron chi connectivity index (χ4n) is 2.77. The summed E-state index contributed by atoms with van der Waals surface area (Å²) in [5.41, 5.74) is 2.75. The molecule has 24 heavy (non-hydrogen) atoms. The highest BCUT2D eigenvalue weighted by Crippen LogP contribution is 2.48. The molecular weight excluding hydrogens is 330 g/mol. The molecule has 1 aliphatic rings. The third-order valence-electron chi connectivity index (χ3n) is 3.91. The van der Waals surface area contributed by atoms with Crippen molar-refractivity contribution in [1.82, 2.24) is 10.2 Å². The maximum absolute atomic E-state index is 11.9. The molecule has 0 radical (unpaired) electrons. The number of methoxy groups -OCH3 is 3. The monoisotopic (exact) mass is 349 g/mol. The maximum Gasteiger partial charge on any atom is 0.235 e. The van der Waals surface area contributed by atoms with Gasteiger partial charge in [0.1, 0.15) is 5.75 Å². The Morgan fingerprint density at radius 1 is 1.12 bits per heavy atom. The number of aromatic nitrogens is 2. The summed E-state index contributed by atoms with van der Waals surface area (Å²) in [5.74, 6) is 2.69. The number of aryl methyl sites for hydroxylation is 1. The fourth-order valence-corrected chi connectivity index (χ4v) is 3.98. The largest absolute Gasteiger partial charge is 0.496 e. The molecule has 1 aromatic carbocycles. The predicted molar refractivity (Wildman–Crippen MR) is 92.4 cm³/mol. The Kier molecular flexibility index (Phi) is 4.57. The second-order valence-corrected chi connectivity index (χ2v) is 6.39. The Hall–Kier alpha value is -2.35. The normalized spacial score (nSPS) is 16.8. The summed E-state index contributed by atoms with van der Waals surface area (Å²) >= 11 is 1.52. The van der Waals surface area contributed by atoms with Gasteiger partial charge in [0.2, 0.25) is 5.91 Å². The van der Waals surface area contributed by atoms with Gasteiger partial charge in [0.25, 0.3) is 0 Å². The average molecular weight is 349 g/mol. The summed E-state index contributed by atoms with van der Waals surface area (Å²) < 4.78 is 16.3. The summed E-state index contributed by atoms with van der Waals surface area (Å²) in [6, 6.07) is 3.69. The number of carbonyl (C=O) groups excluding carboxylic acids is 1. The molecule has 0 spiro atoms. The van der Waals surface area contributed by atoms with Crippen LogP contribution in [-0.2, 0) is 4.79 Å². The van der Waals surface area contributed by atoms with Crippen molar-refractivity contribution < 1.29 is 19.0 Å². The van der Waals surface area contributed by atoms with E-state index in [2.05, 4.69) is 15.5 Å². The van der Waals surface area contributed by atoms with Crippen LogP contribution < -0.4 is 19.5 Å². The van der Waals surface area contributed by atoms with Gasteiger partial charge in [-0.25, -0.2) is 0 Å². The van der Waals surface area contributed by atoms with Gasteiger partial charge < -0.3 is 19.5 Å². The van der Waals surface area contributed by atoms with Crippen molar-refractivity contribution in [2.45, 2.75) is 12.2 Å². The first kappa shape index (κ1) is 16.5. The molecule has 0 saturated carbocycles. The van der Waals surface area contributed by atoms with Crippen molar-refractivity contribution in [3.8, 4) is 17.2 Å². The van der Waals surface area contributed by atoms with Gasteiger partial charge in [-0.15, -0.1) is 11.8 Å². The van der Waals surface area contributed by atoms with Gasteiger partial charge in [-0.3, -0.25) is 9.89 Å². The van der Waals surface area contributed by atoms with E-state index in [1.54, 1.807) is 27.4 Å². The first-order valence-electron chi connectivity index (χ1n) is 7.35. The highest BCUT2D eigenvalue weighted by Gasteiger charge is 2.31. The lowest BCUT2D eigenvalue weighted by Crippen LogP contribution is -2.12. The molecule has 0 saturated heterocycles. The highest BCUT2D eigenvalue weighted by molar-refractivity contribution is 8.00. The Morgan fingerprint density at radius 3 is 2.46 bits per heavy atom. The van der Waals surface area contributed by atoms with Crippen molar-refractivity contribution in [3.63, 3.8) is 0 Å². The summed E-state index contributed by atoms with van der Waals surface area (Å²) in [6.07, 6.45) is 0. The standard InChI is InChI=1S/C16H19N3O4S/c1-8-14-15(24-7-13(20)17-16(14)19-18-8)9-5-11(22-3)12(23-4)6-10(9)21-2/h5-6,15H,7H2,1-4H3,(H2,17,18,19,20)/t15-/m0/s1. The SMILES string of the molecule is COc1cc(OC)c([C@@H]2SCC(=O)Nc3n[nH]c(C)c32)cc1OC. The van der Waals surface area contributed by atoms with Gasteiger partial charge >= 0.3 is 0 Å². The minimum atomic E-state index is -0.118. The van der Waals surface area contributed by atoms with Gasteiger partial charge in [-0.2, -0.15) is 5.10 Å². The zero-order valence-corrected chi connectivity index (χ0v) is 14.7. The van der Waals surface area contributed by atoms with Crippen LogP contribution in [-0.4, -0.2) is 43.2 Å². The molecule has 3 rings (SSSR count). The zero-order valence-electron chi connectivity index (χ0n) is 13.9. The molecule has 2 N–H and O–H groups in total. The van der Waals surface area contributed by atoms with Crippen molar-refractivity contribution in [1.29, 1.82) is 0 Å². The van der Waals surface area contributed by atoms with Crippen LogP contribution in [0.1, 0.15) is 22.1 Å². The molecule has 2 aromatic rings. The highest BCUT2D eigenvalue weighted by atomic mass is 32.2. The van der Waals surface area contributed by atoms with E-state index in [4.69, 9.17) is 14.2 Å². The van der Waals surface area contributed by atoms with E-state index < -0.39 is 0 Å². The smallest absolute Gasteiger partial charge is 0.235 e. The number of amides is 1. The van der Waals surface area contributed by atoms with Crippen LogP contribution >= 0.6 is 11.8 Å². The van der Waals surface area contributed by atoms with Crippen molar-refractivity contribution in [2.75, 3.05) is 32.4 Å². The summed E-state index contributed by atoms with van der Waals surface area (Å²) in [5, 5.41) is 9.86. The molecule has 7 nitrogen and oxygen atoms in total. The van der Waals surface area contributed by atoms with E-state index in [-0.39, 0.29) is 11.2 Å². The molecule has 0 unspecified atom stereocenters. The van der Waals surface area contributed by atoms with Crippen LogP contribution in [0.15, 0.2) is 12.1 Å². The van der Waals surface area contributed by atoms with Gasteiger partial charge in [0.15, 0.2) is 17.3 Å². The van der Waals surface area contributed by atoms with Crippen LogP contribution in [0, 0.1) is 6.92 Å². The molecule has 1 atom stereocenters. The van der Waals surface area contributed by atoms with E-state index in [9.17, 15) is 4.79 Å². The van der Waals surface area contributed by atoms with E-state index >= 15 is 0 Å². The minimum absolute atomic E-state index is 0.0744. The fraction of sp³-hybridized carbons (Fsp3) is 0.375. The van der Waals surface area contributed by atoms with Crippen LogP contribution in [0.4, 0.5) is 5.82 Å². The van der Waals surface area contributed by atoms with Crippen LogP contribution in [0.5, 0.6) is 17.2 Å². The number of aromatic amines is 1. The lowest BCUT2D eigenvalue weighted by molar-refractivity contribution is -0.113. The van der Waals surface area contributed by atoms with Gasteiger partial charge in [-0.05, 0) is 13.0 Å². The Morgan fingerprint density at radius 2 is 1.79 bits per heavy atom. The number of benzene rings is 1. The number of H-pyrrole nitrogens is 1. The summed E-state index contributed by atoms with van der Waals surface area (Å²) in [7, 11) is 4.78. The first-order valence-corrected chi connectivity index (χ1v) is 8.40. The van der Waals surface area contributed by atoms with E-state index in [1.165, 1.54) is 11.8 Å². The molecule has 128 valence electrons. The molecule has 0 fully saturated rings. The zero-order chi connectivity index (χ0) is 17.3. The van der Waals surface area contributed by atoms with Crippen LogP contribution in [0.2, 0.25) is 0 Å². The van der Waals surface area contributed by atoms with Crippen LogP contribution in [0.3, 0.4) is 0 Å². The Balaban J connectivity index is 2.17. The number of fused-ring (bicyclic) bond motifs is 1. The number of ether oxygens (including phenoxy) is 3. The number of thioether (sulfide) groups is 1. The molecular formula is C16H19N3O4S. The van der Waals surface area contributed by atoms with E-state index in [1.807, 2.05) is 13.0 Å². The lowest BCUT2D eigenvalue weighted by Gasteiger charge is -2.20. The summed E-state index contributed by atoms with van der Waals surface area (Å²) in [4.78, 5) is 11.9. The molecule has 1 amide bonds. The third kappa shape index (κ3) is 2.77. The molecule has 1 aromatic heterocycles. The number of hydrogen-bond acceptors (Lipinski definition) is 6. The number of anilines is 1. The molecule has 0 bridgehead atoms. The second kappa shape index (κ2) is 6.64. The van der Waals surface area contributed by atoms with Crippen molar-refractivity contribution in [3.05, 3.63) is 29.0 Å². The maximum atomic E-state index is 11.9. The lowest BCUT2D eigenvalue weighted by atomic mass is 10.0. The topological polar surface area (TPSA) is 85.5 Å². The summed E-state index contributed by atoms with van der Waals surface area (Å²) in [6.45, 7) is 1.93. The Bertz CT molecular complexity index is 775. The van der Waals surface area contributed by atoms with Gasteiger partial charge in [0.05, 0.1) is 32.3 Å². The van der Waals surface area contributed by atoms with Gasteiger partial charge in [-0.1, -0.05) is 0 Å². The third-order valence-corrected chi connectivity index (χ3v) is 5.17. The number of rotatable bonds is 4. The quantitative estimate of drug-likeness (QED) is 0.882. The van der Waals surface area contributed by atoms with E-state index in [0.717, 1.165) is 16.8 Å². The predicted octanol–water partition coefficient (Wildman–Crippen LogP) is 2.52.